The number of nitrogens with two attached hydrogens (primary N) is 1. The number of carboxylic acid groups (broad SMARTS) is 1. The summed E-state index contributed by atoms with van der Waals surface area (Å²) in [5.41, 5.74) is 7.04. The summed E-state index contributed by atoms with van der Waals surface area (Å²) in [5.74, 6) is -1.15. The summed E-state index contributed by atoms with van der Waals surface area (Å²) in [7, 11) is 0. The normalized spacial score (nSPS) is 30.5. The zero-order valence-corrected chi connectivity index (χ0v) is 11.2. The second kappa shape index (κ2) is 4.61. The molecule has 3 rings (SSSR count). The van der Waals surface area contributed by atoms with E-state index < -0.39 is 18.1 Å². The minimum atomic E-state index is -0.926. The molecule has 0 saturated carbocycles. The van der Waals surface area contributed by atoms with Crippen LogP contribution in [0.15, 0.2) is 11.4 Å². The van der Waals surface area contributed by atoms with Gasteiger partial charge in [0.05, 0.1) is 12.1 Å². The first kappa shape index (κ1) is 12.6. The first-order valence-electron chi connectivity index (χ1n) is 6.46. The van der Waals surface area contributed by atoms with Gasteiger partial charge >= 0.3 is 5.97 Å². The van der Waals surface area contributed by atoms with Gasteiger partial charge in [-0.1, -0.05) is 0 Å². The van der Waals surface area contributed by atoms with Crippen LogP contribution in [0.4, 0.5) is 0 Å². The third-order valence-electron chi connectivity index (χ3n) is 4.01. The molecule has 3 atom stereocenters. The summed E-state index contributed by atoms with van der Waals surface area (Å²) in [6, 6.07) is 0.538. The number of hydrogen-bond donors (Lipinski definition) is 2. The average Bonchev–Trinajstić information content (AvgIpc) is 2.81. The second-order valence-corrected chi connectivity index (χ2v) is 6.11. The monoisotopic (exact) mass is 280 g/mol. The highest BCUT2D eigenvalue weighted by molar-refractivity contribution is 7.10. The SMILES string of the molecule is N[C@H]1Cc2ccsc2[C@H]2CCC[C@@H](C(=O)O)N2C1=O. The predicted octanol–water partition coefficient (Wildman–Crippen LogP) is 1.14. The summed E-state index contributed by atoms with van der Waals surface area (Å²) in [4.78, 5) is 26.4. The second-order valence-electron chi connectivity index (χ2n) is 5.17. The summed E-state index contributed by atoms with van der Waals surface area (Å²) in [5, 5.41) is 11.3. The van der Waals surface area contributed by atoms with Crippen molar-refractivity contribution in [1.29, 1.82) is 0 Å². The lowest BCUT2D eigenvalue weighted by molar-refractivity contribution is -0.155. The van der Waals surface area contributed by atoms with E-state index in [1.165, 1.54) is 4.90 Å². The maximum atomic E-state index is 12.4. The van der Waals surface area contributed by atoms with Gasteiger partial charge in [-0.05, 0) is 42.7 Å². The number of piperidine rings is 1. The Morgan fingerprint density at radius 2 is 2.26 bits per heavy atom. The first-order chi connectivity index (χ1) is 9.09. The van der Waals surface area contributed by atoms with Gasteiger partial charge in [-0.15, -0.1) is 11.3 Å². The summed E-state index contributed by atoms with van der Waals surface area (Å²) < 4.78 is 0. The van der Waals surface area contributed by atoms with Crippen molar-refractivity contribution in [3.63, 3.8) is 0 Å². The molecule has 3 N–H and O–H groups in total. The van der Waals surface area contributed by atoms with E-state index in [1.54, 1.807) is 11.3 Å². The van der Waals surface area contributed by atoms with Crippen LogP contribution in [0.2, 0.25) is 0 Å². The number of thiophene rings is 1. The van der Waals surface area contributed by atoms with E-state index in [4.69, 9.17) is 5.73 Å². The highest BCUT2D eigenvalue weighted by Gasteiger charge is 2.43. The van der Waals surface area contributed by atoms with Crippen LogP contribution in [0.1, 0.15) is 35.7 Å². The van der Waals surface area contributed by atoms with Crippen molar-refractivity contribution in [3.05, 3.63) is 21.9 Å². The molecule has 19 heavy (non-hydrogen) atoms. The zero-order valence-electron chi connectivity index (χ0n) is 10.4. The smallest absolute Gasteiger partial charge is 0.326 e. The quantitative estimate of drug-likeness (QED) is 0.808. The van der Waals surface area contributed by atoms with Gasteiger partial charge in [0.25, 0.3) is 0 Å². The van der Waals surface area contributed by atoms with Crippen molar-refractivity contribution >= 4 is 23.2 Å². The van der Waals surface area contributed by atoms with E-state index in [-0.39, 0.29) is 11.9 Å². The molecule has 0 aliphatic carbocycles. The number of hydrogen-bond acceptors (Lipinski definition) is 4. The van der Waals surface area contributed by atoms with E-state index in [9.17, 15) is 14.7 Å². The molecule has 1 aromatic heterocycles. The fourth-order valence-corrected chi connectivity index (χ4v) is 4.20. The van der Waals surface area contributed by atoms with Crippen LogP contribution >= 0.6 is 11.3 Å². The minimum Gasteiger partial charge on any atom is -0.480 e. The van der Waals surface area contributed by atoms with Gasteiger partial charge in [0.2, 0.25) is 5.91 Å². The minimum absolute atomic E-state index is 0.106. The average molecular weight is 280 g/mol. The third-order valence-corrected chi connectivity index (χ3v) is 5.07. The maximum absolute atomic E-state index is 12.4. The van der Waals surface area contributed by atoms with Crippen LogP contribution in [0.25, 0.3) is 0 Å². The van der Waals surface area contributed by atoms with E-state index in [0.29, 0.717) is 12.8 Å². The Morgan fingerprint density at radius 3 is 3.00 bits per heavy atom. The predicted molar refractivity (Wildman–Crippen MR) is 70.9 cm³/mol. The van der Waals surface area contributed by atoms with Crippen molar-refractivity contribution in [3.8, 4) is 0 Å². The van der Waals surface area contributed by atoms with Crippen molar-refractivity contribution in [2.45, 2.75) is 43.8 Å². The molecule has 1 amide bonds. The topological polar surface area (TPSA) is 83.6 Å². The molecule has 2 aliphatic rings. The molecule has 1 fully saturated rings. The van der Waals surface area contributed by atoms with Gasteiger partial charge in [0, 0.05) is 4.88 Å². The molecule has 1 aromatic rings. The number of aliphatic carboxylic acids is 1. The van der Waals surface area contributed by atoms with Crippen LogP contribution in [-0.2, 0) is 16.0 Å². The Morgan fingerprint density at radius 1 is 1.47 bits per heavy atom. The van der Waals surface area contributed by atoms with Gasteiger partial charge in [-0.3, -0.25) is 4.79 Å². The number of fused-ring (bicyclic) bond motifs is 3. The lowest BCUT2D eigenvalue weighted by Crippen LogP contribution is -2.53. The first-order valence-corrected chi connectivity index (χ1v) is 7.34. The van der Waals surface area contributed by atoms with Crippen LogP contribution in [0, 0.1) is 0 Å². The molecule has 3 heterocycles. The fourth-order valence-electron chi connectivity index (χ4n) is 3.13. The van der Waals surface area contributed by atoms with Gasteiger partial charge in [0.1, 0.15) is 6.04 Å². The molecule has 1 saturated heterocycles. The molecular formula is C13H16N2O3S. The van der Waals surface area contributed by atoms with Crippen LogP contribution in [0.5, 0.6) is 0 Å². The Labute approximate surface area is 115 Å². The lowest BCUT2D eigenvalue weighted by Gasteiger charge is -2.39. The maximum Gasteiger partial charge on any atom is 0.326 e. The molecule has 5 nitrogen and oxygen atoms in total. The summed E-state index contributed by atoms with van der Waals surface area (Å²) in [6.45, 7) is 0. The Balaban J connectivity index is 2.07. The van der Waals surface area contributed by atoms with E-state index in [1.807, 2.05) is 11.4 Å². The van der Waals surface area contributed by atoms with E-state index >= 15 is 0 Å². The lowest BCUT2D eigenvalue weighted by atomic mass is 9.94. The van der Waals surface area contributed by atoms with Gasteiger partial charge in [-0.25, -0.2) is 4.79 Å². The van der Waals surface area contributed by atoms with Crippen LogP contribution in [-0.4, -0.2) is 34.0 Å². The molecule has 0 radical (unpaired) electrons. The third kappa shape index (κ3) is 1.95. The van der Waals surface area contributed by atoms with Gasteiger partial charge < -0.3 is 15.7 Å². The van der Waals surface area contributed by atoms with Crippen LogP contribution < -0.4 is 5.73 Å². The molecule has 0 aromatic carbocycles. The Hall–Kier alpha value is -1.40. The molecule has 0 unspecified atom stereocenters. The Kier molecular flexibility index (Phi) is 3.06. The zero-order chi connectivity index (χ0) is 13.6. The van der Waals surface area contributed by atoms with Crippen molar-refractivity contribution in [2.75, 3.05) is 0 Å². The van der Waals surface area contributed by atoms with Crippen molar-refractivity contribution < 1.29 is 14.7 Å². The van der Waals surface area contributed by atoms with Crippen LogP contribution in [0.3, 0.4) is 0 Å². The molecule has 102 valence electrons. The molecule has 2 aliphatic heterocycles. The number of carbonyl (C=O) groups is 2. The summed E-state index contributed by atoms with van der Waals surface area (Å²) >= 11 is 1.60. The van der Waals surface area contributed by atoms with Crippen molar-refractivity contribution in [2.24, 2.45) is 5.73 Å². The standard InChI is InChI=1S/C13H16N2O3S/c14-8-6-7-4-5-19-11(7)9-2-1-3-10(13(17)18)15(9)12(8)16/h4-5,8-10H,1-3,6,14H2,(H,17,18)/t8-,9+,10-/m0/s1. The Bertz CT molecular complexity index is 528. The van der Waals surface area contributed by atoms with Gasteiger partial charge in [-0.2, -0.15) is 0 Å². The number of amides is 1. The number of rotatable bonds is 1. The van der Waals surface area contributed by atoms with E-state index in [2.05, 4.69) is 0 Å². The van der Waals surface area contributed by atoms with Crippen molar-refractivity contribution in [1.82, 2.24) is 4.90 Å². The van der Waals surface area contributed by atoms with Gasteiger partial charge in [0.15, 0.2) is 0 Å². The van der Waals surface area contributed by atoms with E-state index in [0.717, 1.165) is 23.3 Å². The number of nitrogens with zero attached hydrogens (tertiary/aromatic N) is 1. The molecule has 0 bridgehead atoms. The number of carbonyl (C=O) groups excluding carboxylic acids is 1. The fraction of sp³-hybridized carbons (Fsp3) is 0.538. The number of carboxylic acids is 1. The largest absolute Gasteiger partial charge is 0.480 e. The molecule has 0 spiro atoms. The highest BCUT2D eigenvalue weighted by Crippen LogP contribution is 2.41. The molecular weight excluding hydrogens is 264 g/mol. The summed E-state index contributed by atoms with van der Waals surface area (Å²) in [6.07, 6.45) is 2.69. The molecule has 6 heteroatoms. The highest BCUT2D eigenvalue weighted by atomic mass is 32.1.